The third-order valence-corrected chi connectivity index (χ3v) is 1.43. The summed E-state index contributed by atoms with van der Waals surface area (Å²) in [6, 6.07) is -0.854. The average molecular weight is 147 g/mol. The summed E-state index contributed by atoms with van der Waals surface area (Å²) in [5.41, 5.74) is -0.460. The largest absolute Gasteiger partial charge is 0.389 e. The maximum absolute atomic E-state index is 10.2. The quantitative estimate of drug-likeness (QED) is 0.461. The Hall–Kier alpha value is -0.640. The maximum Gasteiger partial charge on any atom is 0.240 e. The van der Waals surface area contributed by atoms with E-state index in [1.165, 1.54) is 0 Å². The molecule has 0 aliphatic carbocycles. The predicted octanol–water partition coefficient (Wildman–Crippen LogP) is 0.670. The molecule has 4 heteroatoms. The second-order valence-corrected chi connectivity index (χ2v) is 3.35. The van der Waals surface area contributed by atoms with Crippen LogP contribution in [0, 0.1) is 15.5 Å². The van der Waals surface area contributed by atoms with E-state index in [-0.39, 0.29) is 0 Å². The van der Waals surface area contributed by atoms with Gasteiger partial charge in [0.05, 0.1) is 0 Å². The highest BCUT2D eigenvalue weighted by Crippen LogP contribution is 2.20. The molecule has 1 atom stereocenters. The van der Waals surface area contributed by atoms with Gasteiger partial charge < -0.3 is 5.11 Å². The smallest absolute Gasteiger partial charge is 0.240 e. The SMILES string of the molecule is CC(C)(C)C(CO)[N+](=O)[O-]. The number of nitro groups is 1. The van der Waals surface area contributed by atoms with Crippen molar-refractivity contribution in [2.24, 2.45) is 5.41 Å². The van der Waals surface area contributed by atoms with Gasteiger partial charge in [0.2, 0.25) is 6.04 Å². The lowest BCUT2D eigenvalue weighted by atomic mass is 9.88. The number of aliphatic hydroxyl groups excluding tert-OH is 1. The van der Waals surface area contributed by atoms with Crippen molar-refractivity contribution in [3.63, 3.8) is 0 Å². The Morgan fingerprint density at radius 3 is 2.00 bits per heavy atom. The molecule has 0 aromatic rings. The minimum Gasteiger partial charge on any atom is -0.389 e. The van der Waals surface area contributed by atoms with Gasteiger partial charge in [-0.05, 0) is 0 Å². The molecule has 0 amide bonds. The summed E-state index contributed by atoms with van der Waals surface area (Å²) in [5.74, 6) is 0. The summed E-state index contributed by atoms with van der Waals surface area (Å²) in [6.07, 6.45) is 0. The van der Waals surface area contributed by atoms with Gasteiger partial charge in [-0.1, -0.05) is 20.8 Å². The van der Waals surface area contributed by atoms with Gasteiger partial charge in [0.25, 0.3) is 0 Å². The highest BCUT2D eigenvalue weighted by atomic mass is 16.6. The fourth-order valence-electron chi connectivity index (χ4n) is 0.657. The summed E-state index contributed by atoms with van der Waals surface area (Å²) in [4.78, 5) is 9.78. The maximum atomic E-state index is 10.2. The molecule has 0 radical (unpaired) electrons. The molecule has 10 heavy (non-hydrogen) atoms. The molecule has 0 aliphatic heterocycles. The normalized spacial score (nSPS) is 14.8. The van der Waals surface area contributed by atoms with Crippen molar-refractivity contribution < 1.29 is 10.0 Å². The van der Waals surface area contributed by atoms with Crippen molar-refractivity contribution in [3.05, 3.63) is 10.1 Å². The number of rotatable bonds is 2. The Labute approximate surface area is 60.0 Å². The molecule has 0 bridgehead atoms. The van der Waals surface area contributed by atoms with Gasteiger partial charge in [-0.2, -0.15) is 0 Å². The van der Waals surface area contributed by atoms with E-state index in [9.17, 15) is 10.1 Å². The van der Waals surface area contributed by atoms with Gasteiger partial charge in [0.1, 0.15) is 6.61 Å². The Bertz CT molecular complexity index is 127. The first kappa shape index (κ1) is 9.36. The lowest BCUT2D eigenvalue weighted by Gasteiger charge is -2.20. The number of hydrogen-bond donors (Lipinski definition) is 1. The second-order valence-electron chi connectivity index (χ2n) is 3.35. The van der Waals surface area contributed by atoms with Crippen molar-refractivity contribution in [3.8, 4) is 0 Å². The summed E-state index contributed by atoms with van der Waals surface area (Å²) < 4.78 is 0. The molecule has 0 aromatic carbocycles. The predicted molar refractivity (Wildman–Crippen MR) is 37.3 cm³/mol. The zero-order valence-electron chi connectivity index (χ0n) is 6.50. The van der Waals surface area contributed by atoms with E-state index in [4.69, 9.17) is 5.11 Å². The average Bonchev–Trinajstić information content (AvgIpc) is 1.60. The molecule has 60 valence electrons. The van der Waals surface area contributed by atoms with Crippen LogP contribution in [0.3, 0.4) is 0 Å². The van der Waals surface area contributed by atoms with E-state index in [2.05, 4.69) is 0 Å². The van der Waals surface area contributed by atoms with Gasteiger partial charge in [0, 0.05) is 10.3 Å². The van der Waals surface area contributed by atoms with Crippen LogP contribution in [0.25, 0.3) is 0 Å². The lowest BCUT2D eigenvalue weighted by Crippen LogP contribution is -2.37. The molecule has 1 unspecified atom stereocenters. The van der Waals surface area contributed by atoms with Gasteiger partial charge in [-0.3, -0.25) is 10.1 Å². The molecule has 0 saturated heterocycles. The topological polar surface area (TPSA) is 63.4 Å². The van der Waals surface area contributed by atoms with E-state index >= 15 is 0 Å². The van der Waals surface area contributed by atoms with Crippen molar-refractivity contribution in [1.29, 1.82) is 0 Å². The summed E-state index contributed by atoms with van der Waals surface area (Å²) in [5, 5.41) is 18.8. The van der Waals surface area contributed by atoms with Crippen LogP contribution in [0.4, 0.5) is 0 Å². The van der Waals surface area contributed by atoms with Gasteiger partial charge in [-0.25, -0.2) is 0 Å². The van der Waals surface area contributed by atoms with Crippen LogP contribution in [0.15, 0.2) is 0 Å². The van der Waals surface area contributed by atoms with Crippen LogP contribution in [0.1, 0.15) is 20.8 Å². The number of hydrogen-bond acceptors (Lipinski definition) is 3. The molecule has 0 fully saturated rings. The molecular formula is C6H13NO3. The minimum atomic E-state index is -0.854. The highest BCUT2D eigenvalue weighted by Gasteiger charge is 2.33. The van der Waals surface area contributed by atoms with E-state index in [1.807, 2.05) is 0 Å². The van der Waals surface area contributed by atoms with Crippen molar-refractivity contribution in [1.82, 2.24) is 0 Å². The Morgan fingerprint density at radius 1 is 1.60 bits per heavy atom. The first-order valence-electron chi connectivity index (χ1n) is 3.14. The summed E-state index contributed by atoms with van der Waals surface area (Å²) >= 11 is 0. The molecule has 0 aromatic heterocycles. The van der Waals surface area contributed by atoms with Crippen LogP contribution in [-0.2, 0) is 0 Å². The van der Waals surface area contributed by atoms with Crippen LogP contribution in [-0.4, -0.2) is 22.7 Å². The number of aliphatic hydroxyl groups is 1. The van der Waals surface area contributed by atoms with E-state index in [0.29, 0.717) is 0 Å². The third-order valence-electron chi connectivity index (χ3n) is 1.43. The van der Waals surface area contributed by atoms with Crippen LogP contribution < -0.4 is 0 Å². The number of nitrogens with zero attached hydrogens (tertiary/aromatic N) is 1. The van der Waals surface area contributed by atoms with Crippen LogP contribution in [0.2, 0.25) is 0 Å². The van der Waals surface area contributed by atoms with Crippen LogP contribution >= 0.6 is 0 Å². The van der Waals surface area contributed by atoms with Crippen molar-refractivity contribution in [2.75, 3.05) is 6.61 Å². The Morgan fingerprint density at radius 2 is 2.00 bits per heavy atom. The molecule has 0 rings (SSSR count). The molecule has 4 nitrogen and oxygen atoms in total. The molecule has 0 spiro atoms. The zero-order valence-corrected chi connectivity index (χ0v) is 6.50. The molecule has 1 N–H and O–H groups in total. The third kappa shape index (κ3) is 2.31. The summed E-state index contributed by atoms with van der Waals surface area (Å²) in [7, 11) is 0. The molecule has 0 aliphatic rings. The van der Waals surface area contributed by atoms with E-state index < -0.39 is 23.0 Å². The van der Waals surface area contributed by atoms with Crippen molar-refractivity contribution >= 4 is 0 Å². The fraction of sp³-hybridized carbons (Fsp3) is 1.00. The van der Waals surface area contributed by atoms with Gasteiger partial charge in [-0.15, -0.1) is 0 Å². The standard InChI is InChI=1S/C6H13NO3/c1-6(2,3)5(4-8)7(9)10/h5,8H,4H2,1-3H3. The van der Waals surface area contributed by atoms with Crippen molar-refractivity contribution in [2.45, 2.75) is 26.8 Å². The molecular weight excluding hydrogens is 134 g/mol. The highest BCUT2D eigenvalue weighted by molar-refractivity contribution is 4.71. The second kappa shape index (κ2) is 2.96. The van der Waals surface area contributed by atoms with Crippen LogP contribution in [0.5, 0.6) is 0 Å². The molecule has 0 heterocycles. The lowest BCUT2D eigenvalue weighted by molar-refractivity contribution is -0.542. The zero-order chi connectivity index (χ0) is 8.36. The van der Waals surface area contributed by atoms with Gasteiger partial charge in [0.15, 0.2) is 0 Å². The first-order valence-corrected chi connectivity index (χ1v) is 3.14. The Kier molecular flexibility index (Phi) is 2.77. The van der Waals surface area contributed by atoms with E-state index in [0.717, 1.165) is 0 Å². The Balaban J connectivity index is 4.22. The van der Waals surface area contributed by atoms with E-state index in [1.54, 1.807) is 20.8 Å². The fourth-order valence-corrected chi connectivity index (χ4v) is 0.657. The minimum absolute atomic E-state index is 0.392. The van der Waals surface area contributed by atoms with Gasteiger partial charge >= 0.3 is 0 Å². The molecule has 0 saturated carbocycles. The first-order chi connectivity index (χ1) is 4.39. The monoisotopic (exact) mass is 147 g/mol. The summed E-state index contributed by atoms with van der Waals surface area (Å²) in [6.45, 7) is 4.81.